The molecule has 0 saturated heterocycles. The van der Waals surface area contributed by atoms with Crippen molar-refractivity contribution in [2.24, 2.45) is 0 Å². The summed E-state index contributed by atoms with van der Waals surface area (Å²) in [5.74, 6) is 0.766. The highest BCUT2D eigenvalue weighted by Crippen LogP contribution is 2.28. The van der Waals surface area contributed by atoms with Crippen LogP contribution in [0.3, 0.4) is 0 Å². The fourth-order valence-electron chi connectivity index (χ4n) is 1.66. The van der Waals surface area contributed by atoms with E-state index in [1.807, 2.05) is 0 Å². The zero-order valence-electron chi connectivity index (χ0n) is 10.8. The van der Waals surface area contributed by atoms with E-state index in [4.69, 9.17) is 10.5 Å². The molecule has 0 amide bonds. The van der Waals surface area contributed by atoms with Gasteiger partial charge in [-0.3, -0.25) is 0 Å². The van der Waals surface area contributed by atoms with Gasteiger partial charge in [-0.25, -0.2) is 0 Å². The van der Waals surface area contributed by atoms with Crippen LogP contribution in [0.25, 0.3) is 0 Å². The maximum Gasteiger partial charge on any atom is 0.387 e. The van der Waals surface area contributed by atoms with E-state index < -0.39 is 6.61 Å². The molecule has 106 valence electrons. The summed E-state index contributed by atoms with van der Waals surface area (Å²) in [5, 5.41) is 3.08. The lowest BCUT2D eigenvalue weighted by atomic mass is 10.2. The van der Waals surface area contributed by atoms with Crippen LogP contribution in [0.1, 0.15) is 0 Å². The lowest BCUT2D eigenvalue weighted by Crippen LogP contribution is -2.02. The quantitative estimate of drug-likeness (QED) is 0.821. The first-order chi connectivity index (χ1) is 9.58. The Bertz CT molecular complexity index is 574. The van der Waals surface area contributed by atoms with Crippen molar-refractivity contribution in [3.63, 3.8) is 0 Å². The van der Waals surface area contributed by atoms with Gasteiger partial charge >= 0.3 is 6.61 Å². The van der Waals surface area contributed by atoms with Crippen molar-refractivity contribution in [2.75, 3.05) is 18.2 Å². The molecule has 4 nitrogen and oxygen atoms in total. The van der Waals surface area contributed by atoms with E-state index in [2.05, 4.69) is 10.1 Å². The van der Waals surface area contributed by atoms with Crippen molar-refractivity contribution < 1.29 is 18.3 Å². The average molecular weight is 280 g/mol. The van der Waals surface area contributed by atoms with E-state index in [0.29, 0.717) is 22.8 Å². The van der Waals surface area contributed by atoms with E-state index >= 15 is 0 Å². The number of nitrogen functional groups attached to an aromatic ring is 1. The van der Waals surface area contributed by atoms with Crippen LogP contribution < -0.4 is 20.5 Å². The topological polar surface area (TPSA) is 56.5 Å². The van der Waals surface area contributed by atoms with Gasteiger partial charge in [0.05, 0.1) is 18.5 Å². The smallest absolute Gasteiger partial charge is 0.387 e. The van der Waals surface area contributed by atoms with Gasteiger partial charge in [0.15, 0.2) is 0 Å². The molecule has 0 atom stereocenters. The molecular weight excluding hydrogens is 266 g/mol. The fourth-order valence-corrected chi connectivity index (χ4v) is 1.66. The third-order valence-corrected chi connectivity index (χ3v) is 2.62. The molecule has 3 N–H and O–H groups in total. The van der Waals surface area contributed by atoms with Gasteiger partial charge in [-0.1, -0.05) is 0 Å². The minimum atomic E-state index is -2.83. The monoisotopic (exact) mass is 280 g/mol. The minimum absolute atomic E-state index is 0.105. The molecular formula is C14H14F2N2O2. The van der Waals surface area contributed by atoms with E-state index in [1.165, 1.54) is 12.1 Å². The van der Waals surface area contributed by atoms with E-state index in [-0.39, 0.29) is 5.75 Å². The Hall–Kier alpha value is -2.50. The summed E-state index contributed by atoms with van der Waals surface area (Å²) in [6, 6.07) is 11.4. The van der Waals surface area contributed by atoms with E-state index in [0.717, 1.165) is 0 Å². The number of hydrogen-bond acceptors (Lipinski definition) is 4. The zero-order valence-corrected chi connectivity index (χ0v) is 10.8. The number of ether oxygens (including phenoxy) is 2. The van der Waals surface area contributed by atoms with Gasteiger partial charge in [0.25, 0.3) is 0 Å². The molecule has 2 aromatic carbocycles. The highest BCUT2D eigenvalue weighted by Gasteiger charge is 2.05. The normalized spacial score (nSPS) is 10.4. The molecule has 0 radical (unpaired) electrons. The maximum atomic E-state index is 12.0. The van der Waals surface area contributed by atoms with Gasteiger partial charge in [0, 0.05) is 11.8 Å². The summed E-state index contributed by atoms with van der Waals surface area (Å²) < 4.78 is 33.4. The molecule has 0 fully saturated rings. The first kappa shape index (κ1) is 13.9. The summed E-state index contributed by atoms with van der Waals surface area (Å²) in [6.07, 6.45) is 0. The van der Waals surface area contributed by atoms with Gasteiger partial charge in [0.1, 0.15) is 11.5 Å². The molecule has 0 unspecified atom stereocenters. The van der Waals surface area contributed by atoms with Crippen molar-refractivity contribution in [3.8, 4) is 11.5 Å². The van der Waals surface area contributed by atoms with Crippen LogP contribution in [0, 0.1) is 0 Å². The van der Waals surface area contributed by atoms with Crippen molar-refractivity contribution >= 4 is 17.1 Å². The SMILES string of the molecule is COc1ccc(Nc2ccc(OC(F)F)cc2)c(N)c1. The van der Waals surface area contributed by atoms with E-state index in [9.17, 15) is 8.78 Å². The zero-order chi connectivity index (χ0) is 14.5. The fraction of sp³-hybridized carbons (Fsp3) is 0.143. The molecule has 0 aliphatic heterocycles. The highest BCUT2D eigenvalue weighted by molar-refractivity contribution is 5.74. The Balaban J connectivity index is 2.10. The van der Waals surface area contributed by atoms with Crippen LogP contribution >= 0.6 is 0 Å². The molecule has 0 saturated carbocycles. The first-order valence-electron chi connectivity index (χ1n) is 5.84. The molecule has 0 aromatic heterocycles. The maximum absolute atomic E-state index is 12.0. The average Bonchev–Trinajstić information content (AvgIpc) is 2.42. The number of halogens is 2. The number of anilines is 3. The summed E-state index contributed by atoms with van der Waals surface area (Å²) in [7, 11) is 1.56. The van der Waals surface area contributed by atoms with Gasteiger partial charge in [0.2, 0.25) is 0 Å². The second-order valence-electron chi connectivity index (χ2n) is 3.98. The summed E-state index contributed by atoms with van der Waals surface area (Å²) >= 11 is 0. The van der Waals surface area contributed by atoms with Crippen molar-refractivity contribution in [1.82, 2.24) is 0 Å². The van der Waals surface area contributed by atoms with Crippen LogP contribution in [0.15, 0.2) is 42.5 Å². The highest BCUT2D eigenvalue weighted by atomic mass is 19.3. The summed E-state index contributed by atoms with van der Waals surface area (Å²) in [6.45, 7) is -2.83. The number of rotatable bonds is 5. The minimum Gasteiger partial charge on any atom is -0.497 e. The Morgan fingerprint density at radius 2 is 1.70 bits per heavy atom. The van der Waals surface area contributed by atoms with Gasteiger partial charge in [-0.05, 0) is 36.4 Å². The predicted molar refractivity (Wildman–Crippen MR) is 73.8 cm³/mol. The van der Waals surface area contributed by atoms with Gasteiger partial charge in [-0.15, -0.1) is 0 Å². The second-order valence-corrected chi connectivity index (χ2v) is 3.98. The second kappa shape index (κ2) is 6.10. The number of alkyl halides is 2. The molecule has 0 bridgehead atoms. The van der Waals surface area contributed by atoms with Crippen molar-refractivity contribution in [3.05, 3.63) is 42.5 Å². The van der Waals surface area contributed by atoms with Crippen LogP contribution in [-0.2, 0) is 0 Å². The van der Waals surface area contributed by atoms with E-state index in [1.54, 1.807) is 37.4 Å². The molecule has 6 heteroatoms. The van der Waals surface area contributed by atoms with Crippen LogP contribution in [0.4, 0.5) is 25.8 Å². The molecule has 2 rings (SSSR count). The van der Waals surface area contributed by atoms with Crippen LogP contribution in [0.2, 0.25) is 0 Å². The van der Waals surface area contributed by atoms with Crippen molar-refractivity contribution in [1.29, 1.82) is 0 Å². The van der Waals surface area contributed by atoms with Crippen LogP contribution in [0.5, 0.6) is 11.5 Å². The first-order valence-corrected chi connectivity index (χ1v) is 5.84. The lowest BCUT2D eigenvalue weighted by molar-refractivity contribution is -0.0498. The molecule has 0 spiro atoms. The largest absolute Gasteiger partial charge is 0.497 e. The summed E-state index contributed by atoms with van der Waals surface area (Å²) in [4.78, 5) is 0. The number of benzene rings is 2. The molecule has 2 aromatic rings. The Labute approximate surface area is 115 Å². The molecule has 20 heavy (non-hydrogen) atoms. The number of hydrogen-bond donors (Lipinski definition) is 2. The number of nitrogens with one attached hydrogen (secondary N) is 1. The number of nitrogens with two attached hydrogens (primary N) is 1. The van der Waals surface area contributed by atoms with Crippen LogP contribution in [-0.4, -0.2) is 13.7 Å². The molecule has 0 heterocycles. The van der Waals surface area contributed by atoms with Gasteiger partial charge < -0.3 is 20.5 Å². The Morgan fingerprint density at radius 1 is 1.05 bits per heavy atom. The summed E-state index contributed by atoms with van der Waals surface area (Å²) in [5.41, 5.74) is 7.81. The molecule has 0 aliphatic carbocycles. The predicted octanol–water partition coefficient (Wildman–Crippen LogP) is 3.62. The standard InChI is InChI=1S/C14H14F2N2O2/c1-19-11-6-7-13(12(17)8-11)18-9-2-4-10(5-3-9)20-14(15)16/h2-8,14,18H,17H2,1H3. The molecule has 0 aliphatic rings. The number of methoxy groups -OCH3 is 1. The third-order valence-electron chi connectivity index (χ3n) is 2.62. The third kappa shape index (κ3) is 3.50. The Kier molecular flexibility index (Phi) is 4.24. The lowest BCUT2D eigenvalue weighted by Gasteiger charge is -2.11. The Morgan fingerprint density at radius 3 is 2.25 bits per heavy atom. The van der Waals surface area contributed by atoms with Crippen molar-refractivity contribution in [2.45, 2.75) is 6.61 Å². The van der Waals surface area contributed by atoms with Gasteiger partial charge in [-0.2, -0.15) is 8.78 Å².